The lowest BCUT2D eigenvalue weighted by Crippen LogP contribution is -2.53. The Labute approximate surface area is 227 Å². The van der Waals surface area contributed by atoms with Gasteiger partial charge >= 0.3 is 0 Å². The molecule has 1 amide bonds. The minimum atomic E-state index is -0.580. The molecule has 4 N–H and O–H groups in total. The second-order valence-electron chi connectivity index (χ2n) is 9.22. The van der Waals surface area contributed by atoms with Crippen molar-refractivity contribution in [2.45, 2.75) is 25.1 Å². The maximum absolute atomic E-state index is 13.0. The number of nitrogens with one attached hydrogen (secondary N) is 1. The fourth-order valence-electron chi connectivity index (χ4n) is 4.67. The van der Waals surface area contributed by atoms with E-state index in [1.807, 2.05) is 52.5 Å². The molecule has 194 valence electrons. The molecule has 6 rings (SSSR count). The Hall–Kier alpha value is -3.70. The Morgan fingerprint density at radius 1 is 1.21 bits per heavy atom. The Balaban J connectivity index is 1.22. The zero-order valence-electron chi connectivity index (χ0n) is 20.3. The van der Waals surface area contributed by atoms with Gasteiger partial charge in [0.15, 0.2) is 5.82 Å². The third kappa shape index (κ3) is 4.79. The summed E-state index contributed by atoms with van der Waals surface area (Å²) < 4.78 is 9.09. The molecule has 1 fully saturated rings. The van der Waals surface area contributed by atoms with E-state index in [4.69, 9.17) is 22.1 Å². The molecule has 3 aromatic heterocycles. The molecule has 0 saturated carbocycles. The Morgan fingerprint density at radius 2 is 2.11 bits per heavy atom. The van der Waals surface area contributed by atoms with Gasteiger partial charge in [-0.2, -0.15) is 0 Å². The Bertz CT molecular complexity index is 1640. The molecule has 4 heterocycles. The number of halogens is 1. The number of aromatic nitrogens is 3. The van der Waals surface area contributed by atoms with Crippen molar-refractivity contribution < 1.29 is 14.6 Å². The molecular weight excluding hydrogens is 524 g/mol. The summed E-state index contributed by atoms with van der Waals surface area (Å²) in [5.41, 5.74) is 8.08. The van der Waals surface area contributed by atoms with Gasteiger partial charge in [0, 0.05) is 41.1 Å². The van der Waals surface area contributed by atoms with Gasteiger partial charge in [-0.25, -0.2) is 9.97 Å². The summed E-state index contributed by atoms with van der Waals surface area (Å²) in [6.07, 6.45) is 3.18. The van der Waals surface area contributed by atoms with E-state index < -0.39 is 12.1 Å². The number of thiophene rings is 1. The van der Waals surface area contributed by atoms with Gasteiger partial charge in [0.2, 0.25) is 5.91 Å². The Kier molecular flexibility index (Phi) is 6.62. The van der Waals surface area contributed by atoms with Gasteiger partial charge < -0.3 is 30.4 Å². The van der Waals surface area contributed by atoms with Crippen LogP contribution < -0.4 is 15.8 Å². The lowest BCUT2D eigenvalue weighted by molar-refractivity contribution is -0.134. The summed E-state index contributed by atoms with van der Waals surface area (Å²) >= 11 is 8.26. The topological polar surface area (TPSA) is 119 Å². The molecular formula is C27H25ClN6O3S. The van der Waals surface area contributed by atoms with Crippen molar-refractivity contribution in [3.8, 4) is 11.5 Å². The van der Waals surface area contributed by atoms with Crippen molar-refractivity contribution >= 4 is 61.5 Å². The maximum atomic E-state index is 13.0. The van der Waals surface area contributed by atoms with E-state index in [9.17, 15) is 9.90 Å². The van der Waals surface area contributed by atoms with Crippen molar-refractivity contribution in [1.29, 1.82) is 0 Å². The average Bonchev–Trinajstić information content (AvgIpc) is 3.56. The van der Waals surface area contributed by atoms with Gasteiger partial charge in [-0.15, -0.1) is 11.3 Å². The lowest BCUT2D eigenvalue weighted by Gasteiger charge is -2.34. The minimum Gasteiger partial charge on any atom is -0.455 e. The zero-order chi connectivity index (χ0) is 26.2. The van der Waals surface area contributed by atoms with Gasteiger partial charge in [-0.3, -0.25) is 4.79 Å². The normalized spacial score (nSPS) is 17.7. The second kappa shape index (κ2) is 10.2. The van der Waals surface area contributed by atoms with Crippen molar-refractivity contribution in [1.82, 2.24) is 19.4 Å². The van der Waals surface area contributed by atoms with Gasteiger partial charge in [0.25, 0.3) is 0 Å². The third-order valence-corrected chi connectivity index (χ3v) is 7.88. The van der Waals surface area contributed by atoms with Crippen LogP contribution in [0.1, 0.15) is 6.42 Å². The summed E-state index contributed by atoms with van der Waals surface area (Å²) in [5.74, 6) is 1.76. The molecule has 0 spiro atoms. The van der Waals surface area contributed by atoms with Gasteiger partial charge in [0.1, 0.15) is 29.9 Å². The van der Waals surface area contributed by atoms with Crippen LogP contribution in [0.5, 0.6) is 11.5 Å². The molecule has 0 radical (unpaired) electrons. The van der Waals surface area contributed by atoms with E-state index in [0.717, 1.165) is 15.8 Å². The van der Waals surface area contributed by atoms with Crippen LogP contribution in [0.15, 0.2) is 66.4 Å². The monoisotopic (exact) mass is 548 g/mol. The predicted octanol–water partition coefficient (Wildman–Crippen LogP) is 4.76. The van der Waals surface area contributed by atoms with E-state index in [-0.39, 0.29) is 12.5 Å². The summed E-state index contributed by atoms with van der Waals surface area (Å²) in [5, 5.41) is 16.7. The molecule has 1 aliphatic heterocycles. The lowest BCUT2D eigenvalue weighted by atomic mass is 10.0. The van der Waals surface area contributed by atoms with Gasteiger partial charge in [-0.1, -0.05) is 17.7 Å². The number of carbonyl (C=O) groups excluding carboxylic acids is 1. The number of anilines is 2. The molecule has 9 nitrogen and oxygen atoms in total. The molecule has 2 unspecified atom stereocenters. The van der Waals surface area contributed by atoms with Crippen LogP contribution in [0, 0.1) is 0 Å². The summed E-state index contributed by atoms with van der Waals surface area (Å²) in [7, 11) is 0. The number of hydrogen-bond donors (Lipinski definition) is 3. The number of rotatable bonds is 6. The summed E-state index contributed by atoms with van der Waals surface area (Å²) in [6, 6.07) is 14.8. The van der Waals surface area contributed by atoms with Gasteiger partial charge in [0.05, 0.1) is 16.6 Å². The first-order valence-electron chi connectivity index (χ1n) is 12.2. The number of nitrogens with zero attached hydrogens (tertiary/aromatic N) is 4. The number of fused-ring (bicyclic) bond motifs is 2. The van der Waals surface area contributed by atoms with Crippen LogP contribution in [-0.4, -0.2) is 55.7 Å². The SMILES string of the molecule is NC1CN(C(=O)Cn2ccc3ncnc(Nc4ccc(Oc5cccc6sccc56)c(Cl)c4)c32)CCC1O. The molecule has 5 aromatic rings. The maximum Gasteiger partial charge on any atom is 0.242 e. The molecule has 0 bridgehead atoms. The Morgan fingerprint density at radius 3 is 2.95 bits per heavy atom. The number of ether oxygens (including phenoxy) is 1. The third-order valence-electron chi connectivity index (χ3n) is 6.70. The standard InChI is InChI=1S/C27H25ClN6O3S/c28-18-12-16(4-5-23(18)37-22-2-1-3-24-17(22)8-11-38-24)32-27-26-20(30-15-31-27)6-9-34(26)14-25(36)33-10-7-21(35)19(29)13-33/h1-6,8-9,11-12,15,19,21,35H,7,10,13-14,29H2,(H,30,31,32). The smallest absolute Gasteiger partial charge is 0.242 e. The van der Waals surface area contributed by atoms with E-state index in [0.29, 0.717) is 52.8 Å². The quantitative estimate of drug-likeness (QED) is 0.280. The average molecular weight is 549 g/mol. The minimum absolute atomic E-state index is 0.0789. The molecule has 1 saturated heterocycles. The predicted molar refractivity (Wildman–Crippen MR) is 149 cm³/mol. The first-order chi connectivity index (χ1) is 18.5. The molecule has 38 heavy (non-hydrogen) atoms. The molecule has 2 aromatic carbocycles. The van der Waals surface area contributed by atoms with E-state index in [1.54, 1.807) is 22.3 Å². The van der Waals surface area contributed by atoms with Crippen LogP contribution in [0.3, 0.4) is 0 Å². The molecule has 0 aliphatic carbocycles. The fourth-order valence-corrected chi connectivity index (χ4v) is 5.69. The van der Waals surface area contributed by atoms with Crippen LogP contribution in [0.2, 0.25) is 5.02 Å². The van der Waals surface area contributed by atoms with Crippen molar-refractivity contribution in [2.24, 2.45) is 5.73 Å². The largest absolute Gasteiger partial charge is 0.455 e. The van der Waals surface area contributed by atoms with Crippen LogP contribution >= 0.6 is 22.9 Å². The number of aliphatic hydroxyl groups excluding tert-OH is 1. The van der Waals surface area contributed by atoms with E-state index in [2.05, 4.69) is 21.4 Å². The highest BCUT2D eigenvalue weighted by Gasteiger charge is 2.28. The number of benzene rings is 2. The van der Waals surface area contributed by atoms with E-state index >= 15 is 0 Å². The summed E-state index contributed by atoms with van der Waals surface area (Å²) in [6.45, 7) is 0.910. The number of amides is 1. The zero-order valence-corrected chi connectivity index (χ0v) is 21.8. The highest BCUT2D eigenvalue weighted by atomic mass is 35.5. The first-order valence-corrected chi connectivity index (χ1v) is 13.4. The van der Waals surface area contributed by atoms with Crippen molar-refractivity contribution in [3.05, 3.63) is 71.5 Å². The van der Waals surface area contributed by atoms with Gasteiger partial charge in [-0.05, 0) is 54.3 Å². The number of aliphatic hydroxyl groups is 1. The highest BCUT2D eigenvalue weighted by Crippen LogP contribution is 2.37. The number of nitrogens with two attached hydrogens (primary N) is 1. The number of hydrogen-bond acceptors (Lipinski definition) is 8. The van der Waals surface area contributed by atoms with Crippen molar-refractivity contribution in [3.63, 3.8) is 0 Å². The second-order valence-corrected chi connectivity index (χ2v) is 10.6. The fraction of sp³-hybridized carbons (Fsp3) is 0.222. The highest BCUT2D eigenvalue weighted by molar-refractivity contribution is 7.17. The van der Waals surface area contributed by atoms with Crippen LogP contribution in [0.4, 0.5) is 11.5 Å². The van der Waals surface area contributed by atoms with Crippen molar-refractivity contribution in [2.75, 3.05) is 18.4 Å². The van der Waals surface area contributed by atoms with E-state index in [1.165, 1.54) is 6.33 Å². The summed E-state index contributed by atoms with van der Waals surface area (Å²) in [4.78, 5) is 23.5. The number of piperidine rings is 1. The molecule has 11 heteroatoms. The number of carbonyl (C=O) groups is 1. The first kappa shape index (κ1) is 24.6. The van der Waals surface area contributed by atoms with Crippen LogP contribution in [-0.2, 0) is 11.3 Å². The molecule has 2 atom stereocenters. The number of likely N-dealkylation sites (tertiary alicyclic amines) is 1. The molecule has 1 aliphatic rings. The van der Waals surface area contributed by atoms with Crippen LogP contribution in [0.25, 0.3) is 21.1 Å².